The molecule has 1 saturated heterocycles. The molecular formula is C19H25N3O4. The third-order valence-corrected chi connectivity index (χ3v) is 4.49. The third kappa shape index (κ3) is 4.54. The number of amides is 1. The Hall–Kier alpha value is -2.54. The molecule has 1 aliphatic heterocycles. The number of carbonyl (C=O) groups excluding carboxylic acids is 1. The van der Waals surface area contributed by atoms with Gasteiger partial charge in [0.25, 0.3) is 5.91 Å². The average molecular weight is 359 g/mol. The molecule has 0 radical (unpaired) electrons. The summed E-state index contributed by atoms with van der Waals surface area (Å²) >= 11 is 0. The molecule has 0 aliphatic carbocycles. The van der Waals surface area contributed by atoms with Crippen molar-refractivity contribution in [2.24, 2.45) is 5.92 Å². The lowest BCUT2D eigenvalue weighted by molar-refractivity contribution is 0.0565. The summed E-state index contributed by atoms with van der Waals surface area (Å²) < 4.78 is 16.1. The first-order valence-corrected chi connectivity index (χ1v) is 8.79. The van der Waals surface area contributed by atoms with Crippen LogP contribution in [0.2, 0.25) is 0 Å². The van der Waals surface area contributed by atoms with Gasteiger partial charge in [-0.15, -0.1) is 0 Å². The third-order valence-electron chi connectivity index (χ3n) is 4.49. The van der Waals surface area contributed by atoms with Gasteiger partial charge in [0.15, 0.2) is 5.69 Å². The van der Waals surface area contributed by atoms with Crippen LogP contribution in [0.1, 0.15) is 29.0 Å². The van der Waals surface area contributed by atoms with Crippen molar-refractivity contribution >= 4 is 5.91 Å². The van der Waals surface area contributed by atoms with E-state index < -0.39 is 0 Å². The summed E-state index contributed by atoms with van der Waals surface area (Å²) in [6.07, 6.45) is 2.09. The first-order valence-electron chi connectivity index (χ1n) is 8.79. The van der Waals surface area contributed by atoms with Crippen LogP contribution >= 0.6 is 0 Å². The van der Waals surface area contributed by atoms with Crippen molar-refractivity contribution in [3.05, 3.63) is 41.7 Å². The molecule has 1 aliphatic rings. The van der Waals surface area contributed by atoms with E-state index in [-0.39, 0.29) is 5.91 Å². The standard InChI is InChI=1S/C19H25N3O4/c1-24-12-14-5-4-8-22(11-14)19(23)18-9-15(20-21-18)13-26-17-7-3-6-16(10-17)25-2/h3,6-7,9-10,14H,4-5,8,11-13H2,1-2H3,(H,20,21)/t14-/m0/s1. The normalized spacial score (nSPS) is 17.2. The molecule has 1 aromatic heterocycles. The van der Waals surface area contributed by atoms with Gasteiger partial charge >= 0.3 is 0 Å². The van der Waals surface area contributed by atoms with Crippen LogP contribution in [0.4, 0.5) is 0 Å². The number of rotatable bonds is 7. The maximum atomic E-state index is 12.7. The number of benzene rings is 1. The van der Waals surface area contributed by atoms with Gasteiger partial charge in [-0.1, -0.05) is 6.07 Å². The number of likely N-dealkylation sites (tertiary alicyclic amines) is 1. The molecule has 1 N–H and O–H groups in total. The zero-order chi connectivity index (χ0) is 18.4. The largest absolute Gasteiger partial charge is 0.497 e. The van der Waals surface area contributed by atoms with Gasteiger partial charge in [-0.05, 0) is 37.0 Å². The highest BCUT2D eigenvalue weighted by Gasteiger charge is 2.25. The van der Waals surface area contributed by atoms with Gasteiger partial charge in [0.2, 0.25) is 0 Å². The minimum atomic E-state index is -0.0466. The van der Waals surface area contributed by atoms with Crippen molar-refractivity contribution in [3.8, 4) is 11.5 Å². The van der Waals surface area contributed by atoms with Crippen molar-refractivity contribution in [1.29, 1.82) is 0 Å². The van der Waals surface area contributed by atoms with Crippen molar-refractivity contribution in [2.75, 3.05) is 33.9 Å². The molecule has 1 amide bonds. The molecular weight excluding hydrogens is 334 g/mol. The molecule has 2 heterocycles. The second kappa shape index (κ2) is 8.71. The summed E-state index contributed by atoms with van der Waals surface area (Å²) in [7, 11) is 3.31. The molecule has 7 nitrogen and oxygen atoms in total. The molecule has 1 fully saturated rings. The molecule has 0 unspecified atom stereocenters. The van der Waals surface area contributed by atoms with Crippen LogP contribution in [0.15, 0.2) is 30.3 Å². The predicted molar refractivity (Wildman–Crippen MR) is 96.4 cm³/mol. The van der Waals surface area contributed by atoms with Crippen molar-refractivity contribution in [3.63, 3.8) is 0 Å². The lowest BCUT2D eigenvalue weighted by atomic mass is 9.99. The Morgan fingerprint density at radius 2 is 2.15 bits per heavy atom. The second-order valence-corrected chi connectivity index (χ2v) is 6.46. The number of carbonyl (C=O) groups is 1. The quantitative estimate of drug-likeness (QED) is 0.822. The van der Waals surface area contributed by atoms with Gasteiger partial charge in [-0.2, -0.15) is 5.10 Å². The molecule has 140 valence electrons. The number of aromatic amines is 1. The van der Waals surface area contributed by atoms with E-state index in [0.717, 1.165) is 37.4 Å². The highest BCUT2D eigenvalue weighted by atomic mass is 16.5. The number of ether oxygens (including phenoxy) is 3. The molecule has 26 heavy (non-hydrogen) atoms. The number of piperidine rings is 1. The molecule has 1 aromatic carbocycles. The zero-order valence-electron chi connectivity index (χ0n) is 15.2. The van der Waals surface area contributed by atoms with Gasteiger partial charge in [-0.25, -0.2) is 0 Å². The van der Waals surface area contributed by atoms with E-state index >= 15 is 0 Å². The number of nitrogens with one attached hydrogen (secondary N) is 1. The average Bonchev–Trinajstić information content (AvgIpc) is 3.15. The van der Waals surface area contributed by atoms with Crippen LogP contribution in [0, 0.1) is 5.92 Å². The Kier molecular flexibility index (Phi) is 6.12. The summed E-state index contributed by atoms with van der Waals surface area (Å²) in [4.78, 5) is 14.5. The first kappa shape index (κ1) is 18.3. The number of nitrogens with zero attached hydrogens (tertiary/aromatic N) is 2. The van der Waals surface area contributed by atoms with Crippen LogP contribution < -0.4 is 9.47 Å². The molecule has 0 spiro atoms. The summed E-state index contributed by atoms with van der Waals surface area (Å²) in [6.45, 7) is 2.47. The van der Waals surface area contributed by atoms with E-state index in [1.54, 1.807) is 20.3 Å². The Bertz CT molecular complexity index is 729. The summed E-state index contributed by atoms with van der Waals surface area (Å²) in [5.74, 6) is 1.78. The Labute approximate surface area is 153 Å². The Morgan fingerprint density at radius 3 is 2.96 bits per heavy atom. The smallest absolute Gasteiger partial charge is 0.274 e. The first-order chi connectivity index (χ1) is 12.7. The minimum absolute atomic E-state index is 0.0466. The van der Waals surface area contributed by atoms with Crippen LogP contribution in [0.25, 0.3) is 0 Å². The van der Waals surface area contributed by atoms with E-state index in [9.17, 15) is 4.79 Å². The van der Waals surface area contributed by atoms with Crippen LogP contribution in [-0.4, -0.2) is 54.9 Å². The number of hydrogen-bond donors (Lipinski definition) is 1. The number of methoxy groups -OCH3 is 2. The minimum Gasteiger partial charge on any atom is -0.497 e. The summed E-state index contributed by atoms with van der Waals surface area (Å²) in [6, 6.07) is 9.14. The summed E-state index contributed by atoms with van der Waals surface area (Å²) in [5, 5.41) is 7.04. The van der Waals surface area contributed by atoms with Gasteiger partial charge in [0.1, 0.15) is 18.1 Å². The maximum Gasteiger partial charge on any atom is 0.274 e. The van der Waals surface area contributed by atoms with Crippen LogP contribution in [0.3, 0.4) is 0 Å². The Balaban J connectivity index is 1.57. The maximum absolute atomic E-state index is 12.7. The molecule has 0 bridgehead atoms. The topological polar surface area (TPSA) is 76.7 Å². The molecule has 0 saturated carbocycles. The van der Waals surface area contributed by atoms with E-state index in [1.165, 1.54) is 0 Å². The molecule has 2 aromatic rings. The SMILES string of the molecule is COC[C@H]1CCCN(C(=O)c2cc(COc3cccc(OC)c3)[nH]n2)C1. The van der Waals surface area contributed by atoms with E-state index in [4.69, 9.17) is 14.2 Å². The highest BCUT2D eigenvalue weighted by Crippen LogP contribution is 2.21. The predicted octanol–water partition coefficient (Wildman–Crippen LogP) is 2.50. The van der Waals surface area contributed by atoms with Crippen LogP contribution in [0.5, 0.6) is 11.5 Å². The fourth-order valence-electron chi connectivity index (χ4n) is 3.18. The second-order valence-electron chi connectivity index (χ2n) is 6.46. The fraction of sp³-hybridized carbons (Fsp3) is 0.474. The van der Waals surface area contributed by atoms with Gasteiger partial charge < -0.3 is 19.1 Å². The lowest BCUT2D eigenvalue weighted by Crippen LogP contribution is -2.41. The number of aromatic nitrogens is 2. The number of H-pyrrole nitrogens is 1. The van der Waals surface area contributed by atoms with Gasteiger partial charge in [0, 0.05) is 26.3 Å². The number of hydrogen-bond acceptors (Lipinski definition) is 5. The summed E-state index contributed by atoms with van der Waals surface area (Å²) in [5.41, 5.74) is 1.17. The zero-order valence-corrected chi connectivity index (χ0v) is 15.2. The van der Waals surface area contributed by atoms with Gasteiger partial charge in [0.05, 0.1) is 19.4 Å². The van der Waals surface area contributed by atoms with Crippen molar-refractivity contribution in [2.45, 2.75) is 19.4 Å². The molecule has 3 rings (SSSR count). The lowest BCUT2D eigenvalue weighted by Gasteiger charge is -2.31. The van der Waals surface area contributed by atoms with E-state index in [2.05, 4.69) is 10.2 Å². The van der Waals surface area contributed by atoms with Gasteiger partial charge in [-0.3, -0.25) is 9.89 Å². The molecule has 7 heteroatoms. The monoisotopic (exact) mass is 359 g/mol. The molecule has 1 atom stereocenters. The highest BCUT2D eigenvalue weighted by molar-refractivity contribution is 5.92. The van der Waals surface area contributed by atoms with E-state index in [1.807, 2.05) is 29.2 Å². The van der Waals surface area contributed by atoms with Crippen molar-refractivity contribution < 1.29 is 19.0 Å². The Morgan fingerprint density at radius 1 is 1.31 bits per heavy atom. The van der Waals surface area contributed by atoms with E-state index in [0.29, 0.717) is 30.6 Å². The fourth-order valence-corrected chi connectivity index (χ4v) is 3.18. The van der Waals surface area contributed by atoms with Crippen molar-refractivity contribution in [1.82, 2.24) is 15.1 Å². The van der Waals surface area contributed by atoms with Crippen LogP contribution in [-0.2, 0) is 11.3 Å².